The molecule has 23 heavy (non-hydrogen) atoms. The van der Waals surface area contributed by atoms with E-state index in [0.717, 1.165) is 15.9 Å². The number of hydrogen-bond donors (Lipinski definition) is 0. The van der Waals surface area contributed by atoms with E-state index in [2.05, 4.69) is 4.98 Å². The monoisotopic (exact) mass is 361 g/mol. The van der Waals surface area contributed by atoms with E-state index in [1.165, 1.54) is 0 Å². The van der Waals surface area contributed by atoms with E-state index < -0.39 is 7.92 Å². The van der Waals surface area contributed by atoms with E-state index in [-0.39, 0.29) is 0 Å². The number of aromatic nitrogens is 1. The van der Waals surface area contributed by atoms with Crippen molar-refractivity contribution in [2.75, 3.05) is 7.11 Å². The lowest BCUT2D eigenvalue weighted by molar-refractivity contribution is 0.402. The molecule has 0 aliphatic rings. The summed E-state index contributed by atoms with van der Waals surface area (Å²) >= 11 is 13.0. The van der Waals surface area contributed by atoms with Gasteiger partial charge in [0.15, 0.2) is 0 Å². The lowest BCUT2D eigenvalue weighted by atomic mass is 10.4. The maximum atomic E-state index is 6.48. The predicted molar refractivity (Wildman–Crippen MR) is 99.5 cm³/mol. The average Bonchev–Trinajstić information content (AvgIpc) is 2.59. The average molecular weight is 362 g/mol. The Hall–Kier alpha value is -1.60. The predicted octanol–water partition coefficient (Wildman–Crippen LogP) is 4.16. The van der Waals surface area contributed by atoms with Gasteiger partial charge in [-0.25, -0.2) is 4.98 Å². The van der Waals surface area contributed by atoms with Gasteiger partial charge in [-0.2, -0.15) is 0 Å². The summed E-state index contributed by atoms with van der Waals surface area (Å²) < 4.78 is 5.47. The summed E-state index contributed by atoms with van der Waals surface area (Å²) in [6, 6.07) is 19.6. The summed E-state index contributed by atoms with van der Waals surface area (Å²) in [6.45, 7) is 0. The minimum Gasteiger partial charge on any atom is -0.481 e. The molecule has 2 aromatic carbocycles. The molecule has 0 aliphatic heterocycles. The van der Waals surface area contributed by atoms with Crippen LogP contribution in [0, 0.1) is 0 Å². The Balaban J connectivity index is 2.27. The van der Waals surface area contributed by atoms with Crippen LogP contribution in [0.2, 0.25) is 10.0 Å². The van der Waals surface area contributed by atoms with Gasteiger partial charge in [-0.15, -0.1) is 0 Å². The van der Waals surface area contributed by atoms with Gasteiger partial charge in [-0.1, -0.05) is 59.6 Å². The highest BCUT2D eigenvalue weighted by Gasteiger charge is 2.24. The van der Waals surface area contributed by atoms with Crippen LogP contribution in [-0.2, 0) is 0 Å². The number of pyridine rings is 1. The smallest absolute Gasteiger partial charge is 0.221 e. The molecule has 0 saturated carbocycles. The molecule has 1 aromatic heterocycles. The molecular weight excluding hydrogens is 348 g/mol. The second-order valence-corrected chi connectivity index (χ2v) is 7.70. The van der Waals surface area contributed by atoms with Crippen LogP contribution in [0.4, 0.5) is 0 Å². The zero-order valence-corrected chi connectivity index (χ0v) is 14.8. The van der Waals surface area contributed by atoms with Crippen LogP contribution in [0.15, 0.2) is 66.9 Å². The van der Waals surface area contributed by atoms with Crippen LogP contribution in [0.5, 0.6) is 5.88 Å². The van der Waals surface area contributed by atoms with E-state index in [9.17, 15) is 0 Å². The molecule has 0 fully saturated rings. The standard InChI is InChI=1S/C18H14Cl2NOP/c1-22-18-17(11-6-12-21-18)23(15-9-4-2-7-13(15)19)16-10-5-3-8-14(16)20/h2-12H,1H3. The summed E-state index contributed by atoms with van der Waals surface area (Å²) in [6.07, 6.45) is 1.72. The zero-order valence-electron chi connectivity index (χ0n) is 12.4. The third-order valence-corrected chi connectivity index (χ3v) is 6.86. The van der Waals surface area contributed by atoms with Crippen molar-refractivity contribution >= 4 is 47.0 Å². The van der Waals surface area contributed by atoms with Crippen molar-refractivity contribution in [3.05, 3.63) is 76.9 Å². The first-order chi connectivity index (χ1) is 11.2. The Bertz CT molecular complexity index is 780. The van der Waals surface area contributed by atoms with Crippen molar-refractivity contribution < 1.29 is 4.74 Å². The van der Waals surface area contributed by atoms with Crippen LogP contribution in [0.1, 0.15) is 0 Å². The van der Waals surface area contributed by atoms with E-state index in [1.807, 2.05) is 60.7 Å². The number of nitrogens with zero attached hydrogens (tertiary/aromatic N) is 1. The molecule has 0 atom stereocenters. The van der Waals surface area contributed by atoms with Gasteiger partial charge in [0, 0.05) is 32.2 Å². The Kier molecular flexibility index (Phi) is 5.17. The van der Waals surface area contributed by atoms with Crippen LogP contribution in [0.3, 0.4) is 0 Å². The number of ether oxygens (including phenoxy) is 1. The van der Waals surface area contributed by atoms with Gasteiger partial charge in [0.2, 0.25) is 5.88 Å². The summed E-state index contributed by atoms with van der Waals surface area (Å²) in [4.78, 5) is 4.34. The first-order valence-electron chi connectivity index (χ1n) is 7.00. The second-order valence-electron chi connectivity index (χ2n) is 4.77. The summed E-state index contributed by atoms with van der Waals surface area (Å²) in [5.74, 6) is 0.596. The van der Waals surface area contributed by atoms with Crippen LogP contribution in [0.25, 0.3) is 0 Å². The molecule has 0 bridgehead atoms. The minimum absolute atomic E-state index is 0.596. The Morgan fingerprint density at radius 2 is 1.30 bits per heavy atom. The van der Waals surface area contributed by atoms with Gasteiger partial charge < -0.3 is 4.74 Å². The van der Waals surface area contributed by atoms with E-state index in [4.69, 9.17) is 27.9 Å². The van der Waals surface area contributed by atoms with Crippen LogP contribution in [-0.4, -0.2) is 12.1 Å². The van der Waals surface area contributed by atoms with Crippen LogP contribution >= 0.6 is 31.1 Å². The normalized spacial score (nSPS) is 10.8. The SMILES string of the molecule is COc1ncccc1P(c1ccccc1Cl)c1ccccc1Cl. The van der Waals surface area contributed by atoms with Gasteiger partial charge in [0.05, 0.1) is 7.11 Å². The van der Waals surface area contributed by atoms with Gasteiger partial charge >= 0.3 is 0 Å². The highest BCUT2D eigenvalue weighted by atomic mass is 35.5. The Labute approximate surface area is 146 Å². The van der Waals surface area contributed by atoms with Crippen molar-refractivity contribution in [2.45, 2.75) is 0 Å². The minimum atomic E-state index is -0.966. The molecule has 1 heterocycles. The molecule has 3 rings (SSSR count). The maximum absolute atomic E-state index is 6.48. The fraction of sp³-hybridized carbons (Fsp3) is 0.0556. The third-order valence-electron chi connectivity index (χ3n) is 3.37. The first kappa shape index (κ1) is 16.3. The number of benzene rings is 2. The van der Waals surface area contributed by atoms with Crippen molar-refractivity contribution in [3.8, 4) is 5.88 Å². The molecule has 0 N–H and O–H groups in total. The second kappa shape index (κ2) is 7.31. The molecule has 0 saturated heterocycles. The van der Waals surface area contributed by atoms with E-state index in [0.29, 0.717) is 15.9 Å². The topological polar surface area (TPSA) is 22.1 Å². The largest absolute Gasteiger partial charge is 0.481 e. The maximum Gasteiger partial charge on any atom is 0.221 e. The van der Waals surface area contributed by atoms with Crippen molar-refractivity contribution in [1.82, 2.24) is 4.98 Å². The molecule has 5 heteroatoms. The molecule has 0 aliphatic carbocycles. The number of rotatable bonds is 4. The first-order valence-corrected chi connectivity index (χ1v) is 9.10. The highest BCUT2D eigenvalue weighted by Crippen LogP contribution is 2.39. The molecule has 0 unspecified atom stereocenters. The quantitative estimate of drug-likeness (QED) is 0.651. The molecular formula is C18H14Cl2NOP. The van der Waals surface area contributed by atoms with E-state index in [1.54, 1.807) is 13.3 Å². The lowest BCUT2D eigenvalue weighted by Gasteiger charge is -2.22. The summed E-state index contributed by atoms with van der Waals surface area (Å²) in [7, 11) is 0.658. The van der Waals surface area contributed by atoms with Gasteiger partial charge in [0.25, 0.3) is 0 Å². The fourth-order valence-corrected chi connectivity index (χ4v) is 5.54. The summed E-state index contributed by atoms with van der Waals surface area (Å²) in [5.41, 5.74) is 0. The molecule has 0 spiro atoms. The third kappa shape index (κ3) is 3.35. The molecule has 0 amide bonds. The molecule has 0 radical (unpaired) electrons. The van der Waals surface area contributed by atoms with Gasteiger partial charge in [-0.3, -0.25) is 0 Å². The lowest BCUT2D eigenvalue weighted by Crippen LogP contribution is -2.23. The number of methoxy groups -OCH3 is 1. The highest BCUT2D eigenvalue weighted by molar-refractivity contribution is 7.80. The van der Waals surface area contributed by atoms with Crippen molar-refractivity contribution in [2.24, 2.45) is 0 Å². The van der Waals surface area contributed by atoms with Gasteiger partial charge in [0.1, 0.15) is 0 Å². The zero-order chi connectivity index (χ0) is 16.2. The number of halogens is 2. The molecule has 2 nitrogen and oxygen atoms in total. The summed E-state index contributed by atoms with van der Waals surface area (Å²) in [5, 5.41) is 4.48. The van der Waals surface area contributed by atoms with Gasteiger partial charge in [-0.05, 0) is 32.2 Å². The Morgan fingerprint density at radius 3 is 1.83 bits per heavy atom. The fourth-order valence-electron chi connectivity index (χ4n) is 2.37. The van der Waals surface area contributed by atoms with Crippen LogP contribution < -0.4 is 20.7 Å². The van der Waals surface area contributed by atoms with Crippen molar-refractivity contribution in [3.63, 3.8) is 0 Å². The van der Waals surface area contributed by atoms with Crippen molar-refractivity contribution in [1.29, 1.82) is 0 Å². The number of hydrogen-bond acceptors (Lipinski definition) is 2. The van der Waals surface area contributed by atoms with E-state index >= 15 is 0 Å². The Morgan fingerprint density at radius 1 is 0.783 bits per heavy atom. The molecule has 3 aromatic rings. The molecule has 116 valence electrons.